The largest absolute Gasteiger partial charge is 0.481 e. The highest BCUT2D eigenvalue weighted by molar-refractivity contribution is 5.85. The van der Waals surface area contributed by atoms with Gasteiger partial charge in [0.1, 0.15) is 0 Å². The summed E-state index contributed by atoms with van der Waals surface area (Å²) in [4.78, 5) is 4.54. The van der Waals surface area contributed by atoms with Gasteiger partial charge in [-0.25, -0.2) is 4.98 Å². The Labute approximate surface area is 118 Å². The van der Waals surface area contributed by atoms with Crippen molar-refractivity contribution in [1.29, 1.82) is 0 Å². The van der Waals surface area contributed by atoms with Gasteiger partial charge in [0.05, 0.1) is 12.6 Å². The van der Waals surface area contributed by atoms with Crippen molar-refractivity contribution in [2.75, 3.05) is 20.2 Å². The number of halogens is 1. The molecule has 2 unspecified atom stereocenters. The molecule has 1 N–H and O–H groups in total. The lowest BCUT2D eigenvalue weighted by Gasteiger charge is -2.19. The van der Waals surface area contributed by atoms with Gasteiger partial charge < -0.3 is 10.1 Å². The molecule has 0 amide bonds. The summed E-state index contributed by atoms with van der Waals surface area (Å²) in [6.07, 6.45) is 1.30. The van der Waals surface area contributed by atoms with Crippen LogP contribution in [-0.4, -0.2) is 25.2 Å². The molecule has 2 aromatic rings. The van der Waals surface area contributed by atoms with E-state index in [-0.39, 0.29) is 12.4 Å². The lowest BCUT2D eigenvalue weighted by molar-refractivity contribution is 0.399. The first-order valence-electron chi connectivity index (χ1n) is 6.54. The molecule has 1 aromatic carbocycles. The van der Waals surface area contributed by atoms with Crippen LogP contribution in [-0.2, 0) is 0 Å². The van der Waals surface area contributed by atoms with Crippen LogP contribution in [0.15, 0.2) is 24.3 Å². The minimum Gasteiger partial charge on any atom is -0.481 e. The lowest BCUT2D eigenvalue weighted by Crippen LogP contribution is -2.28. The maximum atomic E-state index is 5.20. The zero-order valence-electron chi connectivity index (χ0n) is 10.8. The number of aromatic nitrogens is 1. The van der Waals surface area contributed by atoms with Crippen LogP contribution in [0.2, 0.25) is 0 Å². The molecule has 100 valence electrons. The van der Waals surface area contributed by atoms with Crippen LogP contribution < -0.4 is 10.1 Å². The van der Waals surface area contributed by atoms with Gasteiger partial charge in [0.25, 0.3) is 0 Å². The molecule has 2 heterocycles. The van der Waals surface area contributed by atoms with Gasteiger partial charge in [-0.15, -0.1) is 12.4 Å². The Kier molecular flexibility index (Phi) is 3.11. The van der Waals surface area contributed by atoms with Crippen LogP contribution in [0.5, 0.6) is 5.88 Å². The van der Waals surface area contributed by atoms with E-state index in [0.29, 0.717) is 17.7 Å². The Bertz CT molecular complexity index is 629. The Hall–Kier alpha value is -1.32. The van der Waals surface area contributed by atoms with Crippen LogP contribution in [0, 0.1) is 0 Å². The molecule has 0 saturated carbocycles. The van der Waals surface area contributed by atoms with Gasteiger partial charge in [-0.05, 0) is 47.6 Å². The van der Waals surface area contributed by atoms with E-state index >= 15 is 0 Å². The first-order valence-corrected chi connectivity index (χ1v) is 6.54. The van der Waals surface area contributed by atoms with Crippen molar-refractivity contribution in [2.24, 2.45) is 0 Å². The lowest BCUT2D eigenvalue weighted by atomic mass is 9.98. The fourth-order valence-corrected chi connectivity index (χ4v) is 3.42. The van der Waals surface area contributed by atoms with E-state index in [1.807, 2.05) is 6.07 Å². The number of hydrogen-bond acceptors (Lipinski definition) is 3. The van der Waals surface area contributed by atoms with Gasteiger partial charge in [0.2, 0.25) is 5.88 Å². The third-order valence-electron chi connectivity index (χ3n) is 4.31. The highest BCUT2D eigenvalue weighted by Gasteiger charge is 2.34. The highest BCUT2D eigenvalue weighted by atomic mass is 35.5. The predicted molar refractivity (Wildman–Crippen MR) is 78.5 cm³/mol. The van der Waals surface area contributed by atoms with Crippen LogP contribution in [0.3, 0.4) is 0 Å². The Morgan fingerprint density at radius 2 is 1.89 bits per heavy atom. The van der Waals surface area contributed by atoms with Crippen molar-refractivity contribution in [3.63, 3.8) is 0 Å². The van der Waals surface area contributed by atoms with Crippen molar-refractivity contribution >= 4 is 23.3 Å². The zero-order valence-corrected chi connectivity index (χ0v) is 11.7. The predicted octanol–water partition coefficient (Wildman–Crippen LogP) is 2.84. The topological polar surface area (TPSA) is 34.1 Å². The van der Waals surface area contributed by atoms with Gasteiger partial charge in [0, 0.05) is 24.5 Å². The first kappa shape index (κ1) is 12.7. The fourth-order valence-electron chi connectivity index (χ4n) is 3.42. The van der Waals surface area contributed by atoms with Crippen molar-refractivity contribution in [3.05, 3.63) is 35.4 Å². The molecule has 4 heteroatoms. The molecule has 2 atom stereocenters. The van der Waals surface area contributed by atoms with Gasteiger partial charge in [0.15, 0.2) is 0 Å². The molecule has 1 aromatic heterocycles. The number of rotatable bonds is 1. The summed E-state index contributed by atoms with van der Waals surface area (Å²) in [5, 5.41) is 4.75. The molecular formula is C15H17ClN2O. The monoisotopic (exact) mass is 276 g/mol. The van der Waals surface area contributed by atoms with Gasteiger partial charge in [-0.3, -0.25) is 0 Å². The molecule has 3 nitrogen and oxygen atoms in total. The molecule has 1 fully saturated rings. The second kappa shape index (κ2) is 4.66. The summed E-state index contributed by atoms with van der Waals surface area (Å²) in [6, 6.07) is 8.64. The summed E-state index contributed by atoms with van der Waals surface area (Å²) in [6.45, 7) is 2.23. The molecule has 0 spiro atoms. The standard InChI is InChI=1S/C15H16N2O.ClH/c1-18-15-3-2-9-5-12-10-4-11(8-16-7-10)13(12)6-14(9)17-15;/h2-3,5-6,10-11,16H,4,7-8H2,1H3;1H. The number of fused-ring (bicyclic) bond motifs is 6. The molecule has 1 aliphatic heterocycles. The van der Waals surface area contributed by atoms with Crippen LogP contribution in [0.4, 0.5) is 0 Å². The van der Waals surface area contributed by atoms with Crippen LogP contribution in [0.1, 0.15) is 29.4 Å². The minimum absolute atomic E-state index is 0. The van der Waals surface area contributed by atoms with E-state index in [2.05, 4.69) is 28.5 Å². The average Bonchev–Trinajstić information content (AvgIpc) is 2.67. The average molecular weight is 277 g/mol. The van der Waals surface area contributed by atoms with Crippen LogP contribution in [0.25, 0.3) is 10.9 Å². The Morgan fingerprint density at radius 1 is 1.16 bits per heavy atom. The SMILES string of the molecule is COc1ccc2cc3c(cc2n1)C1CNCC3C1.Cl. The van der Waals surface area contributed by atoms with Gasteiger partial charge >= 0.3 is 0 Å². The first-order chi connectivity index (χ1) is 8.85. The molecule has 0 radical (unpaired) electrons. The second-order valence-electron chi connectivity index (χ2n) is 5.32. The minimum atomic E-state index is 0. The number of benzene rings is 1. The molecule has 1 saturated heterocycles. The zero-order chi connectivity index (χ0) is 12.1. The highest BCUT2D eigenvalue weighted by Crippen LogP contribution is 2.44. The molecule has 19 heavy (non-hydrogen) atoms. The molecule has 1 aliphatic carbocycles. The van der Waals surface area contributed by atoms with E-state index in [4.69, 9.17) is 4.74 Å². The van der Waals surface area contributed by atoms with Crippen LogP contribution >= 0.6 is 12.4 Å². The molecule has 4 rings (SSSR count). The number of ether oxygens (including phenoxy) is 1. The van der Waals surface area contributed by atoms with Crippen molar-refractivity contribution in [1.82, 2.24) is 10.3 Å². The normalized spacial score (nSPS) is 23.8. The quantitative estimate of drug-likeness (QED) is 0.870. The summed E-state index contributed by atoms with van der Waals surface area (Å²) >= 11 is 0. The second-order valence-corrected chi connectivity index (χ2v) is 5.32. The summed E-state index contributed by atoms with van der Waals surface area (Å²) in [7, 11) is 1.67. The van der Waals surface area contributed by atoms with Crippen molar-refractivity contribution in [3.8, 4) is 5.88 Å². The number of hydrogen-bond donors (Lipinski definition) is 1. The summed E-state index contributed by atoms with van der Waals surface area (Å²) < 4.78 is 5.20. The van der Waals surface area contributed by atoms with Gasteiger partial charge in [-0.2, -0.15) is 0 Å². The number of pyridine rings is 1. The van der Waals surface area contributed by atoms with Crippen molar-refractivity contribution in [2.45, 2.75) is 18.3 Å². The number of methoxy groups -OCH3 is 1. The number of nitrogens with one attached hydrogen (secondary N) is 1. The smallest absolute Gasteiger partial charge is 0.213 e. The molecule has 2 aliphatic rings. The van der Waals surface area contributed by atoms with E-state index in [1.54, 1.807) is 7.11 Å². The van der Waals surface area contributed by atoms with E-state index < -0.39 is 0 Å². The number of piperidine rings is 1. The van der Waals surface area contributed by atoms with Crippen molar-refractivity contribution < 1.29 is 4.74 Å². The van der Waals surface area contributed by atoms with Gasteiger partial charge in [-0.1, -0.05) is 0 Å². The molecule has 2 bridgehead atoms. The third kappa shape index (κ3) is 1.88. The summed E-state index contributed by atoms with van der Waals surface area (Å²) in [5.41, 5.74) is 4.09. The maximum Gasteiger partial charge on any atom is 0.213 e. The molecular weight excluding hydrogens is 260 g/mol. The third-order valence-corrected chi connectivity index (χ3v) is 4.31. The maximum absolute atomic E-state index is 5.20. The van der Waals surface area contributed by atoms with E-state index in [9.17, 15) is 0 Å². The Morgan fingerprint density at radius 3 is 2.63 bits per heavy atom. The summed E-state index contributed by atoms with van der Waals surface area (Å²) in [5.74, 6) is 2.07. The fraction of sp³-hybridized carbons (Fsp3) is 0.400. The van der Waals surface area contributed by atoms with E-state index in [1.165, 1.54) is 22.9 Å². The Balaban J connectivity index is 0.00000110. The number of nitrogens with zero attached hydrogens (tertiary/aromatic N) is 1. The van der Waals surface area contributed by atoms with E-state index in [0.717, 1.165) is 18.6 Å².